The van der Waals surface area contributed by atoms with Crippen LogP contribution in [0.2, 0.25) is 0 Å². The summed E-state index contributed by atoms with van der Waals surface area (Å²) in [5.41, 5.74) is 0.185. The summed E-state index contributed by atoms with van der Waals surface area (Å²) in [6, 6.07) is -0.166. The normalized spacial score (nSPS) is 29.7. The van der Waals surface area contributed by atoms with Gasteiger partial charge in [-0.3, -0.25) is 0 Å². The van der Waals surface area contributed by atoms with Gasteiger partial charge < -0.3 is 15.1 Å². The topological polar surface area (TPSA) is 60.8 Å². The van der Waals surface area contributed by atoms with Crippen molar-refractivity contribution in [3.8, 4) is 0 Å². The Morgan fingerprint density at radius 1 is 1.33 bits per heavy atom. The van der Waals surface area contributed by atoms with E-state index in [1.165, 1.54) is 24.2 Å². The van der Waals surface area contributed by atoms with Gasteiger partial charge in [-0.25, -0.2) is 4.79 Å². The molecule has 0 unspecified atom stereocenters. The van der Waals surface area contributed by atoms with Crippen molar-refractivity contribution in [2.45, 2.75) is 44.6 Å². The molecule has 1 aliphatic heterocycles. The van der Waals surface area contributed by atoms with Crippen LogP contribution in [0.4, 0.5) is 4.79 Å². The number of hydrogen-bond donors (Lipinski definition) is 2. The largest absolute Gasteiger partial charge is 0.465 e. The second-order valence-corrected chi connectivity index (χ2v) is 5.01. The quantitative estimate of drug-likeness (QED) is 0.696. The van der Waals surface area contributed by atoms with Crippen molar-refractivity contribution < 1.29 is 15.0 Å². The first kappa shape index (κ1) is 10.7. The van der Waals surface area contributed by atoms with Crippen LogP contribution in [0.25, 0.3) is 0 Å². The van der Waals surface area contributed by atoms with Crippen LogP contribution in [-0.2, 0) is 0 Å². The Kier molecular flexibility index (Phi) is 2.87. The smallest absolute Gasteiger partial charge is 0.407 e. The molecular formula is C11H19NO3. The van der Waals surface area contributed by atoms with E-state index in [0.29, 0.717) is 6.54 Å². The molecule has 1 saturated heterocycles. The Morgan fingerprint density at radius 2 is 2.00 bits per heavy atom. The van der Waals surface area contributed by atoms with E-state index >= 15 is 0 Å². The van der Waals surface area contributed by atoms with Crippen LogP contribution >= 0.6 is 0 Å². The maximum Gasteiger partial charge on any atom is 0.407 e. The van der Waals surface area contributed by atoms with Crippen LogP contribution in [0.5, 0.6) is 0 Å². The molecular weight excluding hydrogens is 194 g/mol. The molecule has 1 saturated carbocycles. The van der Waals surface area contributed by atoms with Crippen molar-refractivity contribution in [3.05, 3.63) is 0 Å². The van der Waals surface area contributed by atoms with E-state index in [2.05, 4.69) is 0 Å². The van der Waals surface area contributed by atoms with Crippen LogP contribution in [0.3, 0.4) is 0 Å². The first-order valence-electron chi connectivity index (χ1n) is 5.77. The number of carbonyl (C=O) groups is 1. The van der Waals surface area contributed by atoms with E-state index in [1.54, 1.807) is 0 Å². The van der Waals surface area contributed by atoms with Gasteiger partial charge in [-0.15, -0.1) is 0 Å². The third kappa shape index (κ3) is 1.95. The molecule has 2 fully saturated rings. The summed E-state index contributed by atoms with van der Waals surface area (Å²) in [4.78, 5) is 12.4. The number of likely N-dealkylation sites (tertiary alicyclic amines) is 1. The average Bonchev–Trinajstić information content (AvgIpc) is 2.58. The Labute approximate surface area is 89.9 Å². The summed E-state index contributed by atoms with van der Waals surface area (Å²) in [7, 11) is 0. The number of hydrogen-bond acceptors (Lipinski definition) is 2. The summed E-state index contributed by atoms with van der Waals surface area (Å²) in [5, 5.41) is 18.2. The van der Waals surface area contributed by atoms with Crippen molar-refractivity contribution in [2.24, 2.45) is 5.41 Å². The molecule has 2 aliphatic rings. The van der Waals surface area contributed by atoms with Gasteiger partial charge in [-0.05, 0) is 24.7 Å². The van der Waals surface area contributed by atoms with Gasteiger partial charge in [-0.2, -0.15) is 0 Å². The minimum absolute atomic E-state index is 0.0337. The minimum Gasteiger partial charge on any atom is -0.465 e. The zero-order valence-electron chi connectivity index (χ0n) is 8.98. The molecule has 1 spiro atoms. The Balaban J connectivity index is 2.08. The molecule has 0 radical (unpaired) electrons. The first-order chi connectivity index (χ1) is 7.17. The minimum atomic E-state index is -0.878. The van der Waals surface area contributed by atoms with Crippen molar-refractivity contribution in [1.29, 1.82) is 0 Å². The predicted octanol–water partition coefficient (Wildman–Crippen LogP) is 1.68. The number of aliphatic hydroxyl groups is 1. The van der Waals surface area contributed by atoms with E-state index in [9.17, 15) is 9.90 Å². The third-order valence-corrected chi connectivity index (χ3v) is 3.99. The molecule has 1 atom stereocenters. The lowest BCUT2D eigenvalue weighted by atomic mass is 9.73. The van der Waals surface area contributed by atoms with Crippen LogP contribution in [0.1, 0.15) is 38.5 Å². The lowest BCUT2D eigenvalue weighted by Gasteiger charge is -2.32. The summed E-state index contributed by atoms with van der Waals surface area (Å²) in [6.45, 7) is 0.599. The maximum absolute atomic E-state index is 11.0. The molecule has 0 bridgehead atoms. The van der Waals surface area contributed by atoms with Crippen molar-refractivity contribution in [2.75, 3.05) is 13.2 Å². The highest BCUT2D eigenvalue weighted by Crippen LogP contribution is 2.46. The molecule has 2 rings (SSSR count). The molecule has 15 heavy (non-hydrogen) atoms. The van der Waals surface area contributed by atoms with Gasteiger partial charge in [0.15, 0.2) is 0 Å². The summed E-state index contributed by atoms with van der Waals surface area (Å²) >= 11 is 0. The molecule has 0 aromatic heterocycles. The zero-order chi connectivity index (χ0) is 10.9. The highest BCUT2D eigenvalue weighted by atomic mass is 16.4. The van der Waals surface area contributed by atoms with Crippen molar-refractivity contribution in [1.82, 2.24) is 4.90 Å². The fourth-order valence-corrected chi connectivity index (χ4v) is 3.22. The highest BCUT2D eigenvalue weighted by molar-refractivity contribution is 5.66. The fourth-order valence-electron chi connectivity index (χ4n) is 3.22. The standard InChI is InChI=1S/C11H19NO3/c13-7-9-6-11(4-2-1-3-5-11)8-12(9)10(14)15/h9,13H,1-8H2,(H,14,15)/t9-/m0/s1. The van der Waals surface area contributed by atoms with Crippen LogP contribution in [0, 0.1) is 5.41 Å². The summed E-state index contributed by atoms with van der Waals surface area (Å²) in [5.74, 6) is 0. The fraction of sp³-hybridized carbons (Fsp3) is 0.909. The monoisotopic (exact) mass is 213 g/mol. The second-order valence-electron chi connectivity index (χ2n) is 5.01. The van der Waals surface area contributed by atoms with Crippen LogP contribution in [-0.4, -0.2) is 40.4 Å². The molecule has 0 aromatic rings. The van der Waals surface area contributed by atoms with Crippen molar-refractivity contribution in [3.63, 3.8) is 0 Å². The third-order valence-electron chi connectivity index (χ3n) is 3.99. The van der Waals surface area contributed by atoms with Gasteiger partial charge in [-0.1, -0.05) is 19.3 Å². The molecule has 86 valence electrons. The predicted molar refractivity (Wildman–Crippen MR) is 55.7 cm³/mol. The van der Waals surface area contributed by atoms with Crippen LogP contribution < -0.4 is 0 Å². The SMILES string of the molecule is O=C(O)N1CC2(CCCCC2)C[C@H]1CO. The Morgan fingerprint density at radius 3 is 2.47 bits per heavy atom. The highest BCUT2D eigenvalue weighted by Gasteiger charge is 2.45. The van der Waals surface area contributed by atoms with Gasteiger partial charge in [0.25, 0.3) is 0 Å². The molecule has 1 heterocycles. The second kappa shape index (κ2) is 4.00. The Bertz CT molecular complexity index is 248. The molecule has 4 nitrogen and oxygen atoms in total. The average molecular weight is 213 g/mol. The van der Waals surface area contributed by atoms with E-state index in [4.69, 9.17) is 5.11 Å². The number of rotatable bonds is 1. The molecule has 1 amide bonds. The maximum atomic E-state index is 11.0. The first-order valence-corrected chi connectivity index (χ1v) is 5.77. The van der Waals surface area contributed by atoms with Gasteiger partial charge in [0.05, 0.1) is 12.6 Å². The summed E-state index contributed by atoms with van der Waals surface area (Å²) in [6.07, 6.45) is 5.95. The zero-order valence-corrected chi connectivity index (χ0v) is 8.98. The molecule has 2 N–H and O–H groups in total. The lowest BCUT2D eigenvalue weighted by molar-refractivity contribution is 0.115. The summed E-state index contributed by atoms with van der Waals surface area (Å²) < 4.78 is 0. The van der Waals surface area contributed by atoms with E-state index < -0.39 is 6.09 Å². The van der Waals surface area contributed by atoms with E-state index in [0.717, 1.165) is 19.3 Å². The lowest BCUT2D eigenvalue weighted by Crippen LogP contribution is -2.37. The van der Waals surface area contributed by atoms with E-state index in [1.807, 2.05) is 0 Å². The van der Waals surface area contributed by atoms with E-state index in [-0.39, 0.29) is 18.1 Å². The van der Waals surface area contributed by atoms with Crippen molar-refractivity contribution >= 4 is 6.09 Å². The molecule has 1 aliphatic carbocycles. The molecule has 0 aromatic carbocycles. The van der Waals surface area contributed by atoms with Gasteiger partial charge in [0.1, 0.15) is 0 Å². The number of aliphatic hydroxyl groups excluding tert-OH is 1. The number of carboxylic acid groups (broad SMARTS) is 1. The van der Waals surface area contributed by atoms with Crippen LogP contribution in [0.15, 0.2) is 0 Å². The van der Waals surface area contributed by atoms with Gasteiger partial charge >= 0.3 is 6.09 Å². The van der Waals surface area contributed by atoms with Gasteiger partial charge in [0.2, 0.25) is 0 Å². The molecule has 4 heteroatoms. The number of amides is 1. The number of nitrogens with zero attached hydrogens (tertiary/aromatic N) is 1. The van der Waals surface area contributed by atoms with Gasteiger partial charge in [0, 0.05) is 6.54 Å². The Hall–Kier alpha value is -0.770.